The van der Waals surface area contributed by atoms with Gasteiger partial charge in [-0.2, -0.15) is 0 Å². The summed E-state index contributed by atoms with van der Waals surface area (Å²) < 4.78 is 20.9. The summed E-state index contributed by atoms with van der Waals surface area (Å²) in [7, 11) is 0. The number of ether oxygens (including phenoxy) is 1. The molecule has 4 N–H and O–H groups in total. The highest BCUT2D eigenvalue weighted by Crippen LogP contribution is 2.61. The number of hydrogen-bond donors (Lipinski definition) is 4. The molecular formula is C38H42FN3O3. The third-order valence-corrected chi connectivity index (χ3v) is 11.7. The summed E-state index contributed by atoms with van der Waals surface area (Å²) >= 11 is 0. The minimum absolute atomic E-state index is 0.221. The van der Waals surface area contributed by atoms with E-state index in [-0.39, 0.29) is 11.3 Å². The van der Waals surface area contributed by atoms with Crippen LogP contribution in [-0.4, -0.2) is 41.8 Å². The number of H-pyrrole nitrogens is 1. The molecule has 5 atom stereocenters. The number of carbonyl (C=O) groups excluding carboxylic acids is 1. The van der Waals surface area contributed by atoms with E-state index in [9.17, 15) is 14.3 Å². The number of aryl methyl sites for hydroxylation is 1. The molecule has 0 bridgehead atoms. The molecule has 45 heavy (non-hydrogen) atoms. The zero-order valence-electron chi connectivity index (χ0n) is 25.9. The second kappa shape index (κ2) is 11.3. The molecule has 1 aliphatic heterocycles. The van der Waals surface area contributed by atoms with Gasteiger partial charge in [0.15, 0.2) is 0 Å². The lowest BCUT2D eigenvalue weighted by molar-refractivity contribution is -0.0627. The average Bonchev–Trinajstić information content (AvgIpc) is 3.51. The van der Waals surface area contributed by atoms with Gasteiger partial charge in [-0.3, -0.25) is 4.79 Å². The van der Waals surface area contributed by atoms with Crippen LogP contribution in [0.25, 0.3) is 22.2 Å². The minimum atomic E-state index is -0.411. The molecule has 7 heteroatoms. The summed E-state index contributed by atoms with van der Waals surface area (Å²) in [6.07, 6.45) is 8.18. The van der Waals surface area contributed by atoms with Crippen molar-refractivity contribution >= 4 is 16.8 Å². The Bertz CT molecular complexity index is 1760. The van der Waals surface area contributed by atoms with Crippen LogP contribution >= 0.6 is 0 Å². The van der Waals surface area contributed by atoms with Crippen molar-refractivity contribution in [2.75, 3.05) is 19.7 Å². The van der Waals surface area contributed by atoms with E-state index < -0.39 is 5.82 Å². The molecule has 4 aliphatic rings. The Kier molecular flexibility index (Phi) is 7.22. The van der Waals surface area contributed by atoms with E-state index in [1.165, 1.54) is 54.5 Å². The lowest BCUT2D eigenvalue weighted by Crippen LogP contribution is -2.45. The van der Waals surface area contributed by atoms with Gasteiger partial charge in [-0.05, 0) is 120 Å². The first kappa shape index (κ1) is 28.8. The van der Waals surface area contributed by atoms with Crippen molar-refractivity contribution in [2.45, 2.75) is 70.4 Å². The number of amides is 1. The number of benzene rings is 3. The smallest absolute Gasteiger partial charge is 0.252 e. The maximum Gasteiger partial charge on any atom is 0.252 e. The van der Waals surface area contributed by atoms with Crippen molar-refractivity contribution in [3.63, 3.8) is 0 Å². The maximum atomic E-state index is 14.3. The molecule has 2 fully saturated rings. The van der Waals surface area contributed by atoms with Gasteiger partial charge in [0.2, 0.25) is 0 Å². The Hall–Kier alpha value is -3.68. The second-order valence-corrected chi connectivity index (χ2v) is 14.0. The highest BCUT2D eigenvalue weighted by Gasteiger charge is 2.55. The Balaban J connectivity index is 0.865. The SMILES string of the molecule is C[C@]12CC[C@@H]3c4ccc(O)cc4CC[C@H]3[C@@H]1CC[C@@H]2OCCNCc1ccc(-c2[nH]c3cc(F)cc4c3c2CCNC4=O)cc1. The van der Waals surface area contributed by atoms with Crippen LogP contribution in [-0.2, 0) is 24.1 Å². The first-order valence-corrected chi connectivity index (χ1v) is 16.7. The van der Waals surface area contributed by atoms with Gasteiger partial charge in [-0.25, -0.2) is 4.39 Å². The van der Waals surface area contributed by atoms with Crippen LogP contribution in [0.5, 0.6) is 5.75 Å². The Morgan fingerprint density at radius 2 is 1.91 bits per heavy atom. The van der Waals surface area contributed by atoms with Crippen LogP contribution < -0.4 is 10.6 Å². The fourth-order valence-corrected chi connectivity index (χ4v) is 9.53. The molecular weight excluding hydrogens is 565 g/mol. The van der Waals surface area contributed by atoms with Crippen molar-refractivity contribution in [3.05, 3.63) is 88.2 Å². The summed E-state index contributed by atoms with van der Waals surface area (Å²) in [5.41, 5.74) is 8.41. The zero-order chi connectivity index (χ0) is 30.7. The molecule has 0 radical (unpaired) electrons. The molecule has 3 aliphatic carbocycles. The minimum Gasteiger partial charge on any atom is -0.508 e. The molecule has 234 valence electrons. The molecule has 8 rings (SSSR count). The number of phenols is 1. The van der Waals surface area contributed by atoms with Crippen LogP contribution in [0.15, 0.2) is 54.6 Å². The number of fused-ring (bicyclic) bond motifs is 5. The van der Waals surface area contributed by atoms with Crippen molar-refractivity contribution in [3.8, 4) is 17.0 Å². The molecule has 1 aromatic heterocycles. The van der Waals surface area contributed by atoms with E-state index in [1.807, 2.05) is 12.1 Å². The van der Waals surface area contributed by atoms with E-state index in [0.29, 0.717) is 54.3 Å². The van der Waals surface area contributed by atoms with E-state index in [1.54, 1.807) is 0 Å². The van der Waals surface area contributed by atoms with Crippen molar-refractivity contribution in [2.24, 2.45) is 17.3 Å². The second-order valence-electron chi connectivity index (χ2n) is 14.0. The predicted octanol–water partition coefficient (Wildman–Crippen LogP) is 7.00. The number of halogens is 1. The molecule has 2 heterocycles. The number of hydrogen-bond acceptors (Lipinski definition) is 4. The first-order valence-electron chi connectivity index (χ1n) is 16.7. The normalized spacial score (nSPS) is 27.0. The molecule has 1 amide bonds. The molecule has 2 saturated carbocycles. The third kappa shape index (κ3) is 4.95. The molecule has 0 saturated heterocycles. The van der Waals surface area contributed by atoms with Gasteiger partial charge in [0.25, 0.3) is 5.91 Å². The topological polar surface area (TPSA) is 86.4 Å². The zero-order valence-corrected chi connectivity index (χ0v) is 25.9. The fraction of sp³-hybridized carbons (Fsp3) is 0.447. The summed E-state index contributed by atoms with van der Waals surface area (Å²) in [6, 6.07) is 17.3. The first-order chi connectivity index (χ1) is 21.9. The van der Waals surface area contributed by atoms with E-state index >= 15 is 0 Å². The Labute approximate surface area is 263 Å². The fourth-order valence-electron chi connectivity index (χ4n) is 9.53. The van der Waals surface area contributed by atoms with Crippen LogP contribution in [0.1, 0.15) is 77.6 Å². The van der Waals surface area contributed by atoms with Crippen LogP contribution in [0.2, 0.25) is 0 Å². The van der Waals surface area contributed by atoms with Crippen molar-refractivity contribution in [1.29, 1.82) is 0 Å². The van der Waals surface area contributed by atoms with Gasteiger partial charge >= 0.3 is 0 Å². The third-order valence-electron chi connectivity index (χ3n) is 11.7. The monoisotopic (exact) mass is 607 g/mol. The largest absolute Gasteiger partial charge is 0.508 e. The average molecular weight is 608 g/mol. The lowest BCUT2D eigenvalue weighted by Gasteiger charge is -2.50. The molecule has 0 spiro atoms. The Morgan fingerprint density at radius 1 is 1.04 bits per heavy atom. The number of nitrogens with one attached hydrogen (secondary N) is 3. The number of phenolic OH excluding ortho intramolecular Hbond substituents is 1. The number of aromatic hydroxyl groups is 1. The van der Waals surface area contributed by atoms with Gasteiger partial charge in [-0.1, -0.05) is 37.3 Å². The summed E-state index contributed by atoms with van der Waals surface area (Å²) in [5, 5.41) is 17.3. The van der Waals surface area contributed by atoms with Gasteiger partial charge in [0, 0.05) is 36.2 Å². The van der Waals surface area contributed by atoms with Crippen LogP contribution in [0.4, 0.5) is 4.39 Å². The summed E-state index contributed by atoms with van der Waals surface area (Å²) in [6.45, 7) is 5.30. The molecule has 4 aromatic rings. The Morgan fingerprint density at radius 3 is 2.78 bits per heavy atom. The van der Waals surface area contributed by atoms with Crippen molar-refractivity contribution < 1.29 is 19.0 Å². The standard InChI is InChI=1S/C38H42FN3O3/c1-38-14-12-28-27-9-7-26(43)18-24(27)6-8-29(28)32(38)10-11-34(38)45-17-16-40-21-22-2-4-23(5-3-22)36-30-13-15-41-37(44)31-19-25(39)20-33(42-36)35(30)31/h2-5,7,9,18-20,28-29,32,34,40,42-43H,6,8,10-17,21H2,1H3,(H,41,44)/t28-,29-,32+,34+,38+/m1/s1. The molecule has 3 aromatic carbocycles. The molecule has 0 unspecified atom stereocenters. The quantitative estimate of drug-likeness (QED) is 0.171. The van der Waals surface area contributed by atoms with Crippen molar-refractivity contribution in [1.82, 2.24) is 15.6 Å². The summed E-state index contributed by atoms with van der Waals surface area (Å²) in [4.78, 5) is 15.9. The van der Waals surface area contributed by atoms with Gasteiger partial charge in [-0.15, -0.1) is 0 Å². The lowest BCUT2D eigenvalue weighted by atomic mass is 9.55. The van der Waals surface area contributed by atoms with E-state index in [4.69, 9.17) is 4.74 Å². The van der Waals surface area contributed by atoms with Gasteiger partial charge in [0.1, 0.15) is 11.6 Å². The highest BCUT2D eigenvalue weighted by atomic mass is 19.1. The summed E-state index contributed by atoms with van der Waals surface area (Å²) in [5.74, 6) is 1.84. The number of aromatic amines is 1. The predicted molar refractivity (Wildman–Crippen MR) is 174 cm³/mol. The van der Waals surface area contributed by atoms with Gasteiger partial charge in [0.05, 0.1) is 18.3 Å². The number of rotatable bonds is 7. The van der Waals surface area contributed by atoms with Crippen LogP contribution in [0, 0.1) is 23.1 Å². The van der Waals surface area contributed by atoms with E-state index in [2.05, 4.69) is 52.9 Å². The number of aromatic nitrogens is 1. The maximum absolute atomic E-state index is 14.3. The van der Waals surface area contributed by atoms with Crippen LogP contribution in [0.3, 0.4) is 0 Å². The van der Waals surface area contributed by atoms with Gasteiger partial charge < -0.3 is 25.5 Å². The number of carbonyl (C=O) groups is 1. The molecule has 6 nitrogen and oxygen atoms in total. The van der Waals surface area contributed by atoms with E-state index in [0.717, 1.165) is 54.1 Å². The highest BCUT2D eigenvalue weighted by molar-refractivity contribution is 6.10.